The SMILES string of the molecule is O=C(c1ccc(Cl)cc1)N1CCN(CC(O)COc2ccc(Cl)cc2)CC1. The first-order valence-corrected chi connectivity index (χ1v) is 9.60. The van der Waals surface area contributed by atoms with Crippen molar-refractivity contribution in [1.82, 2.24) is 9.80 Å². The van der Waals surface area contributed by atoms with E-state index >= 15 is 0 Å². The lowest BCUT2D eigenvalue weighted by Crippen LogP contribution is -2.50. The van der Waals surface area contributed by atoms with E-state index in [1.807, 2.05) is 4.90 Å². The maximum atomic E-state index is 12.5. The van der Waals surface area contributed by atoms with Gasteiger partial charge in [-0.15, -0.1) is 0 Å². The molecule has 0 saturated carbocycles. The summed E-state index contributed by atoms with van der Waals surface area (Å²) in [7, 11) is 0. The first-order valence-electron chi connectivity index (χ1n) is 8.85. The first kappa shape index (κ1) is 20.0. The predicted molar refractivity (Wildman–Crippen MR) is 107 cm³/mol. The van der Waals surface area contributed by atoms with Crippen LogP contribution in [-0.4, -0.2) is 66.2 Å². The van der Waals surface area contributed by atoms with E-state index in [1.165, 1.54) is 0 Å². The van der Waals surface area contributed by atoms with Crippen molar-refractivity contribution < 1.29 is 14.6 Å². The summed E-state index contributed by atoms with van der Waals surface area (Å²) in [6, 6.07) is 14.0. The zero-order valence-corrected chi connectivity index (χ0v) is 16.4. The Bertz CT molecular complexity index is 745. The molecule has 3 rings (SSSR count). The first-order chi connectivity index (χ1) is 13.0. The highest BCUT2D eigenvalue weighted by Crippen LogP contribution is 2.16. The summed E-state index contributed by atoms with van der Waals surface area (Å²) in [6.07, 6.45) is -0.598. The Morgan fingerprint density at radius 1 is 0.963 bits per heavy atom. The average molecular weight is 409 g/mol. The minimum atomic E-state index is -0.598. The van der Waals surface area contributed by atoms with Gasteiger partial charge in [0, 0.05) is 48.3 Å². The van der Waals surface area contributed by atoms with E-state index in [1.54, 1.807) is 48.5 Å². The van der Waals surface area contributed by atoms with Gasteiger partial charge >= 0.3 is 0 Å². The fourth-order valence-electron chi connectivity index (χ4n) is 2.98. The van der Waals surface area contributed by atoms with Gasteiger partial charge in [0.2, 0.25) is 0 Å². The third-order valence-electron chi connectivity index (χ3n) is 4.48. The normalized spacial score (nSPS) is 16.2. The molecule has 144 valence electrons. The number of aliphatic hydroxyl groups excluding tert-OH is 1. The molecule has 0 radical (unpaired) electrons. The minimum Gasteiger partial charge on any atom is -0.491 e. The lowest BCUT2D eigenvalue weighted by molar-refractivity contribution is 0.0403. The van der Waals surface area contributed by atoms with Crippen LogP contribution in [0.15, 0.2) is 48.5 Å². The standard InChI is InChI=1S/C20H22Cl2N2O3/c21-16-3-1-15(2-4-16)20(26)24-11-9-23(10-12-24)13-18(25)14-27-19-7-5-17(22)6-8-19/h1-8,18,25H,9-14H2. The molecular weight excluding hydrogens is 387 g/mol. The zero-order valence-electron chi connectivity index (χ0n) is 14.9. The molecule has 1 N–H and O–H groups in total. The quantitative estimate of drug-likeness (QED) is 0.797. The molecule has 0 spiro atoms. The maximum Gasteiger partial charge on any atom is 0.253 e. The van der Waals surface area contributed by atoms with Crippen LogP contribution in [0.3, 0.4) is 0 Å². The van der Waals surface area contributed by atoms with Crippen molar-refractivity contribution in [1.29, 1.82) is 0 Å². The van der Waals surface area contributed by atoms with Crippen molar-refractivity contribution in [3.05, 3.63) is 64.1 Å². The highest BCUT2D eigenvalue weighted by molar-refractivity contribution is 6.30. The molecule has 1 amide bonds. The number of halogens is 2. The Morgan fingerprint density at radius 3 is 2.11 bits per heavy atom. The summed E-state index contributed by atoms with van der Waals surface area (Å²) in [5.74, 6) is 0.690. The maximum absolute atomic E-state index is 12.5. The number of ether oxygens (including phenoxy) is 1. The van der Waals surface area contributed by atoms with Gasteiger partial charge < -0.3 is 14.7 Å². The zero-order chi connectivity index (χ0) is 19.2. The van der Waals surface area contributed by atoms with Crippen LogP contribution in [0.4, 0.5) is 0 Å². The van der Waals surface area contributed by atoms with Crippen LogP contribution in [0.25, 0.3) is 0 Å². The van der Waals surface area contributed by atoms with E-state index in [4.69, 9.17) is 27.9 Å². The van der Waals surface area contributed by atoms with E-state index in [0.717, 1.165) is 13.1 Å². The molecule has 1 saturated heterocycles. The summed E-state index contributed by atoms with van der Waals surface area (Å²) in [5.41, 5.74) is 0.643. The number of carbonyl (C=O) groups is 1. The van der Waals surface area contributed by atoms with Crippen LogP contribution in [0.1, 0.15) is 10.4 Å². The number of aliphatic hydroxyl groups is 1. The van der Waals surface area contributed by atoms with Crippen molar-refractivity contribution in [3.63, 3.8) is 0 Å². The second kappa shape index (κ2) is 9.42. The Balaban J connectivity index is 1.41. The van der Waals surface area contributed by atoms with Gasteiger partial charge in [0.15, 0.2) is 0 Å². The molecule has 1 aliphatic heterocycles. The largest absolute Gasteiger partial charge is 0.491 e. The smallest absolute Gasteiger partial charge is 0.253 e. The van der Waals surface area contributed by atoms with Crippen LogP contribution in [0.2, 0.25) is 10.0 Å². The number of rotatable bonds is 6. The van der Waals surface area contributed by atoms with Crippen LogP contribution in [-0.2, 0) is 0 Å². The second-order valence-corrected chi connectivity index (χ2v) is 7.39. The molecular formula is C20H22Cl2N2O3. The molecule has 2 aromatic carbocycles. The summed E-state index contributed by atoms with van der Waals surface area (Å²) in [6.45, 7) is 3.43. The van der Waals surface area contributed by atoms with E-state index in [2.05, 4.69) is 4.90 Å². The van der Waals surface area contributed by atoms with Gasteiger partial charge in [-0.05, 0) is 48.5 Å². The van der Waals surface area contributed by atoms with Crippen LogP contribution in [0.5, 0.6) is 5.75 Å². The van der Waals surface area contributed by atoms with Crippen molar-refractivity contribution in [3.8, 4) is 5.75 Å². The Morgan fingerprint density at radius 2 is 1.52 bits per heavy atom. The lowest BCUT2D eigenvalue weighted by atomic mass is 10.2. The van der Waals surface area contributed by atoms with Crippen molar-refractivity contribution in [2.75, 3.05) is 39.3 Å². The molecule has 1 fully saturated rings. The number of carbonyl (C=O) groups excluding carboxylic acids is 1. The Hall–Kier alpha value is -1.79. The molecule has 7 heteroatoms. The molecule has 5 nitrogen and oxygen atoms in total. The summed E-state index contributed by atoms with van der Waals surface area (Å²) in [4.78, 5) is 16.5. The molecule has 0 bridgehead atoms. The number of amides is 1. The monoisotopic (exact) mass is 408 g/mol. The molecule has 1 aliphatic rings. The van der Waals surface area contributed by atoms with Gasteiger partial charge in [-0.2, -0.15) is 0 Å². The molecule has 1 heterocycles. The van der Waals surface area contributed by atoms with Crippen molar-refractivity contribution >= 4 is 29.1 Å². The number of β-amino-alcohol motifs (C(OH)–C–C–N with tert-alkyl or cyclic N) is 1. The number of benzene rings is 2. The highest BCUT2D eigenvalue weighted by atomic mass is 35.5. The molecule has 2 aromatic rings. The van der Waals surface area contributed by atoms with Gasteiger partial charge in [0.25, 0.3) is 5.91 Å². The molecule has 1 unspecified atom stereocenters. The van der Waals surface area contributed by atoms with Crippen LogP contribution >= 0.6 is 23.2 Å². The van der Waals surface area contributed by atoms with E-state index < -0.39 is 6.10 Å². The lowest BCUT2D eigenvalue weighted by Gasteiger charge is -2.35. The topological polar surface area (TPSA) is 53.0 Å². The molecule has 1 atom stereocenters. The summed E-state index contributed by atoms with van der Waals surface area (Å²) >= 11 is 11.7. The number of nitrogens with zero attached hydrogens (tertiary/aromatic N) is 2. The molecule has 0 aliphatic carbocycles. The van der Waals surface area contributed by atoms with Crippen LogP contribution < -0.4 is 4.74 Å². The van der Waals surface area contributed by atoms with Gasteiger partial charge in [-0.1, -0.05) is 23.2 Å². The summed E-state index contributed by atoms with van der Waals surface area (Å²) in [5, 5.41) is 11.5. The Labute approximate surface area is 169 Å². The van der Waals surface area contributed by atoms with E-state index in [9.17, 15) is 9.90 Å². The number of piperazine rings is 1. The average Bonchev–Trinajstić information content (AvgIpc) is 2.68. The van der Waals surface area contributed by atoms with Crippen molar-refractivity contribution in [2.45, 2.75) is 6.10 Å². The summed E-state index contributed by atoms with van der Waals surface area (Å²) < 4.78 is 5.58. The number of hydrogen-bond donors (Lipinski definition) is 1. The second-order valence-electron chi connectivity index (χ2n) is 6.52. The minimum absolute atomic E-state index is 0.0120. The van der Waals surface area contributed by atoms with E-state index in [0.29, 0.717) is 41.0 Å². The molecule has 0 aromatic heterocycles. The van der Waals surface area contributed by atoms with Gasteiger partial charge in [0.1, 0.15) is 18.5 Å². The third-order valence-corrected chi connectivity index (χ3v) is 4.98. The molecule has 27 heavy (non-hydrogen) atoms. The van der Waals surface area contributed by atoms with Gasteiger partial charge in [-0.25, -0.2) is 0 Å². The predicted octanol–water partition coefficient (Wildman–Crippen LogP) is 3.19. The number of hydrogen-bond acceptors (Lipinski definition) is 4. The van der Waals surface area contributed by atoms with Crippen molar-refractivity contribution in [2.24, 2.45) is 0 Å². The van der Waals surface area contributed by atoms with Crippen LogP contribution in [0, 0.1) is 0 Å². The fourth-order valence-corrected chi connectivity index (χ4v) is 3.23. The van der Waals surface area contributed by atoms with E-state index in [-0.39, 0.29) is 12.5 Å². The van der Waals surface area contributed by atoms with Gasteiger partial charge in [0.05, 0.1) is 0 Å². The third kappa shape index (κ3) is 5.84. The van der Waals surface area contributed by atoms with Gasteiger partial charge in [-0.3, -0.25) is 9.69 Å². The Kier molecular flexibility index (Phi) is 6.96. The fraction of sp³-hybridized carbons (Fsp3) is 0.350. The highest BCUT2D eigenvalue weighted by Gasteiger charge is 2.23.